The number of para-hydroxylation sites is 2. The summed E-state index contributed by atoms with van der Waals surface area (Å²) < 4.78 is 48.2. The molecule has 0 amide bonds. The molecule has 0 aliphatic rings. The SMILES string of the molecule is Cc1nn(-c2ccccc2)c(O)c1N=Nc1cc(Cl)c(S(N)(=O)=O)cc1O.Cc1nn(-c2ccccc2)c(O)c1N=Nc1cc(Cl)c(S(N)(=O)=O)cc1O.[Cr]. The van der Waals surface area contributed by atoms with Crippen molar-refractivity contribution in [3.8, 4) is 34.6 Å². The first kappa shape index (κ1) is 42.4. The van der Waals surface area contributed by atoms with Gasteiger partial charge >= 0.3 is 0 Å². The first-order chi connectivity index (χ1) is 25.4. The van der Waals surface area contributed by atoms with Crippen LogP contribution in [0, 0.1) is 13.8 Å². The maximum atomic E-state index is 11.4. The van der Waals surface area contributed by atoms with E-state index in [9.17, 15) is 37.3 Å². The number of phenols is 2. The summed E-state index contributed by atoms with van der Waals surface area (Å²) in [6.45, 7) is 3.26. The zero-order valence-corrected chi connectivity index (χ0v) is 32.6. The van der Waals surface area contributed by atoms with Crippen molar-refractivity contribution in [3.63, 3.8) is 0 Å². The molecule has 2 aromatic heterocycles. The van der Waals surface area contributed by atoms with Crippen LogP contribution >= 0.6 is 23.2 Å². The predicted octanol–water partition coefficient (Wildman–Crippen LogP) is 6.61. The standard InChI is InChI=1S/2C16H14ClN5O4S.Cr/c2*1-9-15(16(24)22(21-9)10-5-3-2-4-6-10)20-19-12-7-11(17)14(8-13(12)23)27(18,25)26;/h2*2-8,23-24H,1H3,(H2,18,25,26);. The number of benzene rings is 4. The molecule has 8 N–H and O–H groups in total. The second kappa shape index (κ2) is 17.0. The number of hydrogen-bond donors (Lipinski definition) is 6. The Kier molecular flexibility index (Phi) is 13.1. The molecule has 0 spiro atoms. The fraction of sp³-hybridized carbons (Fsp3) is 0.0625. The van der Waals surface area contributed by atoms with Crippen molar-refractivity contribution in [3.05, 3.63) is 106 Å². The summed E-state index contributed by atoms with van der Waals surface area (Å²) >= 11 is 11.8. The number of phenolic OH excluding ortho intramolecular Hbond substituents is 2. The fourth-order valence-electron chi connectivity index (χ4n) is 4.61. The van der Waals surface area contributed by atoms with E-state index < -0.39 is 41.3 Å². The van der Waals surface area contributed by atoms with Gasteiger partial charge in [-0.1, -0.05) is 59.6 Å². The Labute approximate surface area is 333 Å². The zero-order chi connectivity index (χ0) is 39.5. The Bertz CT molecular complexity index is 2480. The molecular formula is C32H28Cl2CrN10O8S2. The number of primary sulfonamides is 2. The van der Waals surface area contributed by atoms with Gasteiger partial charge in [-0.2, -0.15) is 19.6 Å². The first-order valence-electron chi connectivity index (χ1n) is 15.0. The van der Waals surface area contributed by atoms with Gasteiger partial charge in [0, 0.05) is 29.5 Å². The summed E-state index contributed by atoms with van der Waals surface area (Å²) in [4.78, 5) is -0.868. The van der Waals surface area contributed by atoms with E-state index in [1.807, 2.05) is 12.1 Å². The molecule has 0 atom stereocenters. The van der Waals surface area contributed by atoms with E-state index in [1.165, 1.54) is 9.36 Å². The number of rotatable bonds is 8. The number of sulfonamides is 2. The number of nitrogens with two attached hydrogens (primary N) is 2. The van der Waals surface area contributed by atoms with Crippen LogP contribution in [-0.2, 0) is 37.4 Å². The molecule has 0 unspecified atom stereocenters. The topological polar surface area (TPSA) is 286 Å². The third-order valence-corrected chi connectivity index (χ3v) is 9.95. The summed E-state index contributed by atoms with van der Waals surface area (Å²) in [6, 6.07) is 21.8. The molecule has 0 aliphatic carbocycles. The number of azo groups is 2. The van der Waals surface area contributed by atoms with Gasteiger partial charge in [-0.05, 0) is 50.2 Å². The van der Waals surface area contributed by atoms with E-state index in [2.05, 4.69) is 30.7 Å². The van der Waals surface area contributed by atoms with Crippen molar-refractivity contribution >= 4 is 66.0 Å². The van der Waals surface area contributed by atoms with Gasteiger partial charge in [-0.15, -0.1) is 20.5 Å². The van der Waals surface area contributed by atoms with Crippen LogP contribution in [-0.4, -0.2) is 56.8 Å². The van der Waals surface area contributed by atoms with E-state index in [0.29, 0.717) is 22.8 Å². The molecule has 2 heterocycles. The minimum atomic E-state index is -4.10. The van der Waals surface area contributed by atoms with Crippen molar-refractivity contribution in [2.75, 3.05) is 0 Å². The number of nitrogens with zero attached hydrogens (tertiary/aromatic N) is 8. The molecule has 0 fully saturated rings. The molecule has 6 rings (SSSR count). The number of aromatic hydroxyl groups is 4. The third kappa shape index (κ3) is 9.66. The maximum absolute atomic E-state index is 11.4. The number of aromatic nitrogens is 4. The predicted molar refractivity (Wildman–Crippen MR) is 197 cm³/mol. The smallest absolute Gasteiger partial charge is 0.243 e. The van der Waals surface area contributed by atoms with E-state index in [0.717, 1.165) is 24.3 Å². The molecule has 23 heteroatoms. The van der Waals surface area contributed by atoms with E-state index in [1.54, 1.807) is 62.4 Å². The van der Waals surface area contributed by atoms with Crippen molar-refractivity contribution in [2.24, 2.45) is 30.7 Å². The largest absolute Gasteiger partial charge is 0.506 e. The van der Waals surface area contributed by atoms with Gasteiger partial charge in [0.25, 0.3) is 0 Å². The summed E-state index contributed by atoms with van der Waals surface area (Å²) in [5.74, 6) is -1.46. The van der Waals surface area contributed by atoms with Gasteiger partial charge in [0.2, 0.25) is 31.8 Å². The minimum Gasteiger partial charge on any atom is -0.506 e. The Morgan fingerprint density at radius 3 is 1.22 bits per heavy atom. The average Bonchev–Trinajstić information content (AvgIpc) is 3.57. The first-order valence-corrected chi connectivity index (χ1v) is 18.8. The molecule has 55 heavy (non-hydrogen) atoms. The quantitative estimate of drug-likeness (QED) is 0.0890. The molecule has 286 valence electrons. The van der Waals surface area contributed by atoms with Crippen LogP contribution in [0.2, 0.25) is 10.0 Å². The van der Waals surface area contributed by atoms with Crippen LogP contribution in [0.4, 0.5) is 22.7 Å². The Hall–Kier alpha value is -5.37. The van der Waals surface area contributed by atoms with Crippen LogP contribution in [0.3, 0.4) is 0 Å². The molecule has 0 aliphatic heterocycles. The summed E-state index contributed by atoms with van der Waals surface area (Å²) in [6.07, 6.45) is 0. The molecule has 0 bridgehead atoms. The molecular weight excluding hydrogens is 839 g/mol. The van der Waals surface area contributed by atoms with Gasteiger partial charge in [0.1, 0.15) is 32.7 Å². The van der Waals surface area contributed by atoms with Crippen molar-refractivity contribution < 1.29 is 54.6 Å². The summed E-state index contributed by atoms with van der Waals surface area (Å²) in [7, 11) is -8.20. The Morgan fingerprint density at radius 2 is 0.909 bits per heavy atom. The Morgan fingerprint density at radius 1 is 0.582 bits per heavy atom. The summed E-state index contributed by atoms with van der Waals surface area (Å²) in [5.41, 5.74) is 2.02. The van der Waals surface area contributed by atoms with E-state index in [4.69, 9.17) is 33.5 Å². The van der Waals surface area contributed by atoms with Gasteiger partial charge in [0.15, 0.2) is 11.4 Å². The van der Waals surface area contributed by atoms with Crippen molar-refractivity contribution in [1.82, 2.24) is 19.6 Å². The molecule has 0 radical (unpaired) electrons. The van der Waals surface area contributed by atoms with Crippen molar-refractivity contribution in [2.45, 2.75) is 23.6 Å². The summed E-state index contributed by atoms with van der Waals surface area (Å²) in [5, 5.41) is 74.2. The van der Waals surface area contributed by atoms with E-state index >= 15 is 0 Å². The van der Waals surface area contributed by atoms with Crippen LogP contribution in [0.1, 0.15) is 11.4 Å². The van der Waals surface area contributed by atoms with Crippen LogP contribution < -0.4 is 10.3 Å². The third-order valence-electron chi connectivity index (χ3n) is 7.20. The van der Waals surface area contributed by atoms with Gasteiger partial charge in [0.05, 0.1) is 32.8 Å². The second-order valence-corrected chi connectivity index (χ2v) is 14.9. The van der Waals surface area contributed by atoms with Gasteiger partial charge in [-0.25, -0.2) is 27.1 Å². The molecule has 6 aromatic rings. The van der Waals surface area contributed by atoms with Gasteiger partial charge < -0.3 is 20.4 Å². The molecule has 18 nitrogen and oxygen atoms in total. The van der Waals surface area contributed by atoms with Crippen molar-refractivity contribution in [1.29, 1.82) is 0 Å². The molecule has 4 aromatic carbocycles. The monoisotopic (exact) mass is 866 g/mol. The Balaban J connectivity index is 0.000000240. The molecule has 0 saturated heterocycles. The average molecular weight is 868 g/mol. The van der Waals surface area contributed by atoms with Crippen LogP contribution in [0.5, 0.6) is 23.3 Å². The van der Waals surface area contributed by atoms with E-state index in [-0.39, 0.29) is 61.9 Å². The zero-order valence-electron chi connectivity index (χ0n) is 28.2. The number of halogens is 2. The maximum Gasteiger partial charge on any atom is 0.243 e. The molecule has 0 saturated carbocycles. The number of aryl methyl sites for hydroxylation is 2. The fourth-order valence-corrected chi connectivity index (χ4v) is 6.79. The minimum absolute atomic E-state index is 0. The number of hydrogen-bond acceptors (Lipinski definition) is 14. The van der Waals surface area contributed by atoms with Crippen LogP contribution in [0.15, 0.2) is 115 Å². The van der Waals surface area contributed by atoms with Gasteiger partial charge in [-0.3, -0.25) is 0 Å². The normalized spacial score (nSPS) is 11.7. The van der Waals surface area contributed by atoms with Crippen LogP contribution in [0.25, 0.3) is 11.4 Å². The second-order valence-electron chi connectivity index (χ2n) is 11.0.